The normalized spacial score (nSPS) is 11.9. The van der Waals surface area contributed by atoms with E-state index < -0.39 is 6.10 Å². The molecule has 0 amide bonds. The topological polar surface area (TPSA) is 75.1 Å². The zero-order valence-electron chi connectivity index (χ0n) is 16.0. The first-order valence-electron chi connectivity index (χ1n) is 8.82. The predicted octanol–water partition coefficient (Wildman–Crippen LogP) is 2.95. The van der Waals surface area contributed by atoms with Gasteiger partial charge in [-0.25, -0.2) is 9.38 Å². The molecular weight excluding hydrogens is 476 g/mol. The highest BCUT2D eigenvalue weighted by molar-refractivity contribution is 14.0. The first-order chi connectivity index (χ1) is 13.1. The molecule has 0 fully saturated rings. The fourth-order valence-corrected chi connectivity index (χ4v) is 2.24. The monoisotopic (exact) mass is 503 g/mol. The van der Waals surface area contributed by atoms with Gasteiger partial charge in [0.1, 0.15) is 30.0 Å². The maximum absolute atomic E-state index is 12.9. The molecule has 154 valence electrons. The molecule has 28 heavy (non-hydrogen) atoms. The molecule has 0 aliphatic heterocycles. The molecule has 1 atom stereocenters. The van der Waals surface area contributed by atoms with Crippen LogP contribution in [-0.4, -0.2) is 44.0 Å². The van der Waals surface area contributed by atoms with Crippen LogP contribution in [0.25, 0.3) is 0 Å². The van der Waals surface area contributed by atoms with E-state index in [-0.39, 0.29) is 42.9 Å². The number of nitrogens with one attached hydrogen (secondary N) is 2. The highest BCUT2D eigenvalue weighted by Gasteiger charge is 2.07. The summed E-state index contributed by atoms with van der Waals surface area (Å²) in [5, 5.41) is 16.3. The lowest BCUT2D eigenvalue weighted by Crippen LogP contribution is -2.42. The summed E-state index contributed by atoms with van der Waals surface area (Å²) in [5.41, 5.74) is 1.05. The minimum atomic E-state index is -0.736. The van der Waals surface area contributed by atoms with Gasteiger partial charge in [0.15, 0.2) is 5.96 Å². The van der Waals surface area contributed by atoms with Crippen LogP contribution in [0, 0.1) is 5.82 Å². The molecule has 2 rings (SSSR count). The Morgan fingerprint density at radius 1 is 1.07 bits per heavy atom. The largest absolute Gasteiger partial charge is 0.497 e. The molecule has 0 radical (unpaired) electrons. The average molecular weight is 503 g/mol. The summed E-state index contributed by atoms with van der Waals surface area (Å²) in [7, 11) is 1.63. The Hall–Kier alpha value is -2.07. The Kier molecular flexibility index (Phi) is 11.3. The molecule has 0 bridgehead atoms. The zero-order chi connectivity index (χ0) is 19.5. The summed E-state index contributed by atoms with van der Waals surface area (Å²) in [6.45, 7) is 3.54. The van der Waals surface area contributed by atoms with Gasteiger partial charge in [-0.3, -0.25) is 0 Å². The third-order valence-electron chi connectivity index (χ3n) is 3.68. The summed E-state index contributed by atoms with van der Waals surface area (Å²) in [6, 6.07) is 13.4. The van der Waals surface area contributed by atoms with Gasteiger partial charge in [-0.05, 0) is 48.9 Å². The van der Waals surface area contributed by atoms with Crippen molar-refractivity contribution in [3.63, 3.8) is 0 Å². The first-order valence-corrected chi connectivity index (χ1v) is 8.82. The molecular formula is C20H27FIN3O3. The summed E-state index contributed by atoms with van der Waals surface area (Å²) in [5.74, 6) is 1.59. The van der Waals surface area contributed by atoms with E-state index in [1.165, 1.54) is 24.3 Å². The van der Waals surface area contributed by atoms with E-state index in [4.69, 9.17) is 9.47 Å². The Balaban J connectivity index is 0.00000392. The Morgan fingerprint density at radius 3 is 2.32 bits per heavy atom. The van der Waals surface area contributed by atoms with Crippen molar-refractivity contribution in [3.05, 3.63) is 59.9 Å². The molecule has 8 heteroatoms. The molecule has 0 saturated carbocycles. The maximum Gasteiger partial charge on any atom is 0.191 e. The number of hydrogen-bond acceptors (Lipinski definition) is 4. The Bertz CT molecular complexity index is 712. The van der Waals surface area contributed by atoms with Crippen molar-refractivity contribution in [2.75, 3.05) is 26.8 Å². The average Bonchev–Trinajstić information content (AvgIpc) is 2.70. The lowest BCUT2D eigenvalue weighted by atomic mass is 10.2. The van der Waals surface area contributed by atoms with Gasteiger partial charge in [0, 0.05) is 13.1 Å². The van der Waals surface area contributed by atoms with Crippen LogP contribution in [0.3, 0.4) is 0 Å². The second kappa shape index (κ2) is 13.2. The zero-order valence-corrected chi connectivity index (χ0v) is 18.4. The van der Waals surface area contributed by atoms with Crippen LogP contribution in [0.1, 0.15) is 12.5 Å². The number of halogens is 2. The molecule has 3 N–H and O–H groups in total. The Morgan fingerprint density at radius 2 is 1.71 bits per heavy atom. The minimum Gasteiger partial charge on any atom is -0.497 e. The van der Waals surface area contributed by atoms with Crippen molar-refractivity contribution in [1.29, 1.82) is 0 Å². The van der Waals surface area contributed by atoms with Crippen LogP contribution in [0.2, 0.25) is 0 Å². The quantitative estimate of drug-likeness (QED) is 0.279. The lowest BCUT2D eigenvalue weighted by molar-refractivity contribution is 0.110. The van der Waals surface area contributed by atoms with Crippen molar-refractivity contribution >= 4 is 29.9 Å². The molecule has 6 nitrogen and oxygen atoms in total. The fraction of sp³-hybridized carbons (Fsp3) is 0.350. The predicted molar refractivity (Wildman–Crippen MR) is 119 cm³/mol. The number of aliphatic hydroxyl groups excluding tert-OH is 1. The van der Waals surface area contributed by atoms with Gasteiger partial charge in [-0.2, -0.15) is 0 Å². The van der Waals surface area contributed by atoms with E-state index in [1.54, 1.807) is 7.11 Å². The highest BCUT2D eigenvalue weighted by atomic mass is 127. The van der Waals surface area contributed by atoms with E-state index in [2.05, 4.69) is 15.6 Å². The number of aliphatic hydroxyl groups is 1. The van der Waals surface area contributed by atoms with Crippen LogP contribution < -0.4 is 20.1 Å². The fourth-order valence-electron chi connectivity index (χ4n) is 2.24. The van der Waals surface area contributed by atoms with E-state index in [0.29, 0.717) is 24.8 Å². The molecule has 0 aliphatic rings. The van der Waals surface area contributed by atoms with Gasteiger partial charge >= 0.3 is 0 Å². The van der Waals surface area contributed by atoms with Crippen molar-refractivity contribution in [2.24, 2.45) is 4.99 Å². The maximum atomic E-state index is 12.9. The standard InChI is InChI=1S/C20H26FN3O3.HI/c1-3-22-20(23-12-15-4-8-18(26-2)9-5-15)24-13-17(25)14-27-19-10-6-16(21)7-11-19;/h4-11,17,25H,3,12-14H2,1-2H3,(H2,22,23,24);1H. The second-order valence-corrected chi connectivity index (χ2v) is 5.84. The van der Waals surface area contributed by atoms with Crippen molar-refractivity contribution in [2.45, 2.75) is 19.6 Å². The summed E-state index contributed by atoms with van der Waals surface area (Å²) < 4.78 is 23.4. The number of methoxy groups -OCH3 is 1. The molecule has 2 aromatic carbocycles. The summed E-state index contributed by atoms with van der Waals surface area (Å²) >= 11 is 0. The number of hydrogen-bond donors (Lipinski definition) is 3. The second-order valence-electron chi connectivity index (χ2n) is 5.84. The molecule has 0 aliphatic carbocycles. The highest BCUT2D eigenvalue weighted by Crippen LogP contribution is 2.12. The van der Waals surface area contributed by atoms with Gasteiger partial charge in [-0.1, -0.05) is 12.1 Å². The Labute approximate surface area is 182 Å². The number of nitrogens with zero attached hydrogens (tertiary/aromatic N) is 1. The van der Waals surface area contributed by atoms with Crippen LogP contribution in [-0.2, 0) is 6.54 Å². The molecule has 2 aromatic rings. The minimum absolute atomic E-state index is 0. The lowest BCUT2D eigenvalue weighted by Gasteiger charge is -2.16. The number of rotatable bonds is 9. The third kappa shape index (κ3) is 8.75. The molecule has 0 spiro atoms. The molecule has 0 aromatic heterocycles. The van der Waals surface area contributed by atoms with Gasteiger partial charge in [0.2, 0.25) is 0 Å². The molecule has 0 saturated heterocycles. The van der Waals surface area contributed by atoms with E-state index in [1.807, 2.05) is 31.2 Å². The van der Waals surface area contributed by atoms with Gasteiger partial charge in [0.25, 0.3) is 0 Å². The summed E-state index contributed by atoms with van der Waals surface area (Å²) in [4.78, 5) is 4.50. The SMILES string of the molecule is CCNC(=NCc1ccc(OC)cc1)NCC(O)COc1ccc(F)cc1.I. The van der Waals surface area contributed by atoms with Gasteiger partial charge in [0.05, 0.1) is 13.7 Å². The number of aliphatic imine (C=N–C) groups is 1. The summed E-state index contributed by atoms with van der Waals surface area (Å²) in [6.07, 6.45) is -0.736. The van der Waals surface area contributed by atoms with Crippen LogP contribution in [0.5, 0.6) is 11.5 Å². The van der Waals surface area contributed by atoms with Gasteiger partial charge in [-0.15, -0.1) is 24.0 Å². The number of guanidine groups is 1. The van der Waals surface area contributed by atoms with Crippen molar-refractivity contribution in [3.8, 4) is 11.5 Å². The van der Waals surface area contributed by atoms with E-state index in [9.17, 15) is 9.50 Å². The van der Waals surface area contributed by atoms with E-state index >= 15 is 0 Å². The third-order valence-corrected chi connectivity index (χ3v) is 3.68. The van der Waals surface area contributed by atoms with Crippen LogP contribution in [0.15, 0.2) is 53.5 Å². The van der Waals surface area contributed by atoms with E-state index in [0.717, 1.165) is 11.3 Å². The van der Waals surface area contributed by atoms with Crippen LogP contribution in [0.4, 0.5) is 4.39 Å². The number of ether oxygens (including phenoxy) is 2. The van der Waals surface area contributed by atoms with Gasteiger partial charge < -0.3 is 25.2 Å². The van der Waals surface area contributed by atoms with Crippen LogP contribution >= 0.6 is 24.0 Å². The van der Waals surface area contributed by atoms with Crippen molar-refractivity contribution < 1.29 is 19.0 Å². The smallest absolute Gasteiger partial charge is 0.191 e. The number of benzene rings is 2. The van der Waals surface area contributed by atoms with Crippen molar-refractivity contribution in [1.82, 2.24) is 10.6 Å². The first kappa shape index (κ1) is 24.0. The molecule has 1 unspecified atom stereocenters. The molecule has 0 heterocycles.